The molecule has 5 nitrogen and oxygen atoms in total. The van der Waals surface area contributed by atoms with Gasteiger partial charge in [-0.05, 0) is 5.41 Å². The maximum absolute atomic E-state index is 10.7. The Morgan fingerprint density at radius 3 is 1.67 bits per heavy atom. The van der Waals surface area contributed by atoms with Gasteiger partial charge in [0.1, 0.15) is 0 Å². The molecule has 12 heavy (non-hydrogen) atoms. The van der Waals surface area contributed by atoms with Crippen molar-refractivity contribution in [2.75, 3.05) is 0 Å². The van der Waals surface area contributed by atoms with Crippen LogP contribution in [0.5, 0.6) is 0 Å². The molecule has 0 aliphatic carbocycles. The highest BCUT2D eigenvalue weighted by Crippen LogP contribution is 2.30. The molecule has 0 aliphatic heterocycles. The van der Waals surface area contributed by atoms with E-state index in [2.05, 4.69) is 0 Å². The number of hydrogen-bond acceptors (Lipinski definition) is 4. The van der Waals surface area contributed by atoms with Crippen LogP contribution in [0.4, 0.5) is 0 Å². The molecule has 1 unspecified atom stereocenters. The number of aliphatic carboxylic acids is 1. The van der Waals surface area contributed by atoms with Gasteiger partial charge in [-0.25, -0.2) is 4.79 Å². The zero-order chi connectivity index (χ0) is 10.2. The smallest absolute Gasteiger partial charge is 0.329 e. The molecular formula is C7H15NO4. The van der Waals surface area contributed by atoms with Crippen molar-refractivity contribution in [3.63, 3.8) is 0 Å². The zero-order valence-corrected chi connectivity index (χ0v) is 7.40. The third-order valence-corrected chi connectivity index (χ3v) is 2.00. The molecule has 0 fully saturated rings. The Kier molecular flexibility index (Phi) is 2.84. The molecule has 0 aromatic carbocycles. The molecule has 0 aromatic heterocycles. The standard InChI is InChI=1S/C7H15NO4/c1-6(2,3)7(8,4(9)10)5(11)12/h4,9-10H,8H2,1-3H3,(H,11,12). The summed E-state index contributed by atoms with van der Waals surface area (Å²) in [5, 5.41) is 26.3. The number of carboxylic acids is 1. The van der Waals surface area contributed by atoms with Gasteiger partial charge in [-0.1, -0.05) is 20.8 Å². The van der Waals surface area contributed by atoms with Crippen LogP contribution in [0.3, 0.4) is 0 Å². The third kappa shape index (κ3) is 1.57. The number of carboxylic acid groups (broad SMARTS) is 1. The van der Waals surface area contributed by atoms with Crippen LogP contribution in [0.1, 0.15) is 20.8 Å². The van der Waals surface area contributed by atoms with Crippen molar-refractivity contribution < 1.29 is 20.1 Å². The van der Waals surface area contributed by atoms with Crippen molar-refractivity contribution >= 4 is 5.97 Å². The van der Waals surface area contributed by atoms with Crippen molar-refractivity contribution in [3.05, 3.63) is 0 Å². The van der Waals surface area contributed by atoms with Crippen LogP contribution in [-0.2, 0) is 4.79 Å². The van der Waals surface area contributed by atoms with E-state index in [1.807, 2.05) is 0 Å². The Bertz CT molecular complexity index is 184. The fourth-order valence-electron chi connectivity index (χ4n) is 0.819. The molecule has 5 heteroatoms. The Labute approximate surface area is 70.8 Å². The first-order chi connectivity index (χ1) is 5.14. The van der Waals surface area contributed by atoms with Gasteiger partial charge in [0.25, 0.3) is 0 Å². The predicted octanol–water partition coefficient (Wildman–Crippen LogP) is -0.875. The summed E-state index contributed by atoms with van der Waals surface area (Å²) in [4.78, 5) is 10.7. The predicted molar refractivity (Wildman–Crippen MR) is 42.2 cm³/mol. The molecule has 0 amide bonds. The molecule has 0 aromatic rings. The fourth-order valence-corrected chi connectivity index (χ4v) is 0.819. The van der Waals surface area contributed by atoms with Crippen LogP contribution >= 0.6 is 0 Å². The number of hydrogen-bond donors (Lipinski definition) is 4. The van der Waals surface area contributed by atoms with Gasteiger partial charge in [0, 0.05) is 0 Å². The average Bonchev–Trinajstić information content (AvgIpc) is 1.82. The Hall–Kier alpha value is -0.650. The summed E-state index contributed by atoms with van der Waals surface area (Å²) in [5.74, 6) is -1.43. The molecule has 0 saturated heterocycles. The molecule has 5 N–H and O–H groups in total. The highest BCUT2D eigenvalue weighted by molar-refractivity contribution is 5.80. The van der Waals surface area contributed by atoms with Gasteiger partial charge in [0.2, 0.25) is 0 Å². The SMILES string of the molecule is CC(C)(C)C(N)(C(=O)O)C(O)O. The van der Waals surface area contributed by atoms with E-state index >= 15 is 0 Å². The molecule has 1 atom stereocenters. The van der Waals surface area contributed by atoms with E-state index in [0.29, 0.717) is 0 Å². The lowest BCUT2D eigenvalue weighted by molar-refractivity contribution is -0.176. The molecule has 0 spiro atoms. The Balaban J connectivity index is 5.02. The van der Waals surface area contributed by atoms with E-state index < -0.39 is 23.2 Å². The normalized spacial score (nSPS) is 17.6. The lowest BCUT2D eigenvalue weighted by atomic mass is 9.74. The van der Waals surface area contributed by atoms with Crippen molar-refractivity contribution in [2.45, 2.75) is 32.6 Å². The van der Waals surface area contributed by atoms with E-state index in [1.165, 1.54) is 20.8 Å². The minimum atomic E-state index is -2.07. The van der Waals surface area contributed by atoms with Crippen molar-refractivity contribution in [1.82, 2.24) is 0 Å². The molecule has 0 radical (unpaired) electrons. The molecule has 72 valence electrons. The quantitative estimate of drug-likeness (QED) is 0.410. The minimum absolute atomic E-state index is 0.924. The van der Waals surface area contributed by atoms with E-state index in [0.717, 1.165) is 0 Å². The maximum Gasteiger partial charge on any atom is 0.329 e. The Morgan fingerprint density at radius 2 is 1.67 bits per heavy atom. The summed E-state index contributed by atoms with van der Waals surface area (Å²) in [7, 11) is 0. The molecule has 0 rings (SSSR count). The van der Waals surface area contributed by atoms with E-state index in [1.54, 1.807) is 0 Å². The zero-order valence-electron chi connectivity index (χ0n) is 7.40. The number of aliphatic hydroxyl groups is 2. The number of carbonyl (C=O) groups is 1. The van der Waals surface area contributed by atoms with Crippen LogP contribution in [0.2, 0.25) is 0 Å². The van der Waals surface area contributed by atoms with Crippen LogP contribution in [-0.4, -0.2) is 33.1 Å². The second-order valence-corrected chi connectivity index (χ2v) is 3.80. The first kappa shape index (κ1) is 11.4. The summed E-state index contributed by atoms with van der Waals surface area (Å²) in [5.41, 5.74) is 2.40. The molecule has 0 saturated carbocycles. The first-order valence-corrected chi connectivity index (χ1v) is 3.52. The van der Waals surface area contributed by atoms with E-state index in [9.17, 15) is 4.79 Å². The van der Waals surface area contributed by atoms with E-state index in [-0.39, 0.29) is 0 Å². The number of aliphatic hydroxyl groups excluding tert-OH is 1. The van der Waals surface area contributed by atoms with Crippen molar-refractivity contribution in [2.24, 2.45) is 11.1 Å². The minimum Gasteiger partial charge on any atom is -0.480 e. The van der Waals surface area contributed by atoms with Gasteiger partial charge in [-0.2, -0.15) is 0 Å². The van der Waals surface area contributed by atoms with Crippen molar-refractivity contribution in [1.29, 1.82) is 0 Å². The second-order valence-electron chi connectivity index (χ2n) is 3.80. The fraction of sp³-hybridized carbons (Fsp3) is 0.857. The van der Waals surface area contributed by atoms with Gasteiger partial charge >= 0.3 is 5.97 Å². The lowest BCUT2D eigenvalue weighted by Crippen LogP contribution is -2.65. The van der Waals surface area contributed by atoms with Gasteiger partial charge < -0.3 is 21.1 Å². The third-order valence-electron chi connectivity index (χ3n) is 2.00. The second kappa shape index (κ2) is 3.01. The number of rotatable bonds is 2. The van der Waals surface area contributed by atoms with Crippen LogP contribution in [0, 0.1) is 5.41 Å². The summed E-state index contributed by atoms with van der Waals surface area (Å²) in [6, 6.07) is 0. The average molecular weight is 177 g/mol. The molecule has 0 heterocycles. The van der Waals surface area contributed by atoms with E-state index in [4.69, 9.17) is 21.1 Å². The van der Waals surface area contributed by atoms with Gasteiger partial charge in [-0.3, -0.25) is 0 Å². The maximum atomic E-state index is 10.7. The van der Waals surface area contributed by atoms with Crippen LogP contribution in [0.25, 0.3) is 0 Å². The van der Waals surface area contributed by atoms with Crippen LogP contribution in [0.15, 0.2) is 0 Å². The number of nitrogens with two attached hydrogens (primary N) is 1. The van der Waals surface area contributed by atoms with Gasteiger partial charge in [-0.15, -0.1) is 0 Å². The van der Waals surface area contributed by atoms with Crippen LogP contribution < -0.4 is 5.73 Å². The van der Waals surface area contributed by atoms with Crippen molar-refractivity contribution in [3.8, 4) is 0 Å². The van der Waals surface area contributed by atoms with Gasteiger partial charge in [0.15, 0.2) is 11.8 Å². The molecule has 0 aliphatic rings. The summed E-state index contributed by atoms with van der Waals surface area (Å²) in [6.07, 6.45) is -2.07. The largest absolute Gasteiger partial charge is 0.480 e. The lowest BCUT2D eigenvalue weighted by Gasteiger charge is -2.38. The highest BCUT2D eigenvalue weighted by Gasteiger charge is 2.50. The summed E-state index contributed by atoms with van der Waals surface area (Å²) in [6.45, 7) is 4.58. The topological polar surface area (TPSA) is 104 Å². The summed E-state index contributed by atoms with van der Waals surface area (Å²) >= 11 is 0. The molecule has 0 bridgehead atoms. The first-order valence-electron chi connectivity index (χ1n) is 3.52. The summed E-state index contributed by atoms with van der Waals surface area (Å²) < 4.78 is 0. The highest BCUT2D eigenvalue weighted by atomic mass is 16.5. The molecular weight excluding hydrogens is 162 g/mol. The van der Waals surface area contributed by atoms with Gasteiger partial charge in [0.05, 0.1) is 0 Å². The Morgan fingerprint density at radius 1 is 1.33 bits per heavy atom. The monoisotopic (exact) mass is 177 g/mol.